The molecule has 1 N–H and O–H groups in total. The fourth-order valence-electron chi connectivity index (χ4n) is 1.34. The molecule has 0 bridgehead atoms. The maximum absolute atomic E-state index is 12.6. The highest BCUT2D eigenvalue weighted by Crippen LogP contribution is 2.09. The molecule has 3 heteroatoms. The highest BCUT2D eigenvalue weighted by atomic mass is 19.1. The predicted molar refractivity (Wildman–Crippen MR) is 60.1 cm³/mol. The highest BCUT2D eigenvalue weighted by Gasteiger charge is 2.05. The molecule has 0 aromatic carbocycles. The second-order valence-electron chi connectivity index (χ2n) is 4.26. The van der Waals surface area contributed by atoms with Crippen LogP contribution in [0.25, 0.3) is 0 Å². The monoisotopic (exact) mass is 210 g/mol. The Bertz CT molecular complexity index is 282. The summed E-state index contributed by atoms with van der Waals surface area (Å²) in [5.41, 5.74) is 0.889. The van der Waals surface area contributed by atoms with Crippen LogP contribution >= 0.6 is 0 Å². The van der Waals surface area contributed by atoms with Crippen LogP contribution in [0.2, 0.25) is 0 Å². The molecule has 1 heterocycles. The number of hydrogen-bond donors (Lipinski definition) is 1. The minimum absolute atomic E-state index is 0.185. The number of nitrogens with zero attached hydrogens (tertiary/aromatic N) is 1. The van der Waals surface area contributed by atoms with Crippen molar-refractivity contribution >= 4 is 0 Å². The van der Waals surface area contributed by atoms with Crippen LogP contribution in [0, 0.1) is 11.7 Å². The quantitative estimate of drug-likeness (QED) is 0.808. The molecule has 0 saturated carbocycles. The van der Waals surface area contributed by atoms with Crippen molar-refractivity contribution in [1.82, 2.24) is 10.3 Å². The minimum atomic E-state index is -0.284. The van der Waals surface area contributed by atoms with Gasteiger partial charge in [-0.1, -0.05) is 13.8 Å². The van der Waals surface area contributed by atoms with E-state index in [-0.39, 0.29) is 11.9 Å². The molecule has 1 rings (SSSR count). The number of halogens is 1. The summed E-state index contributed by atoms with van der Waals surface area (Å²) in [4.78, 5) is 4.04. The molecule has 0 fully saturated rings. The van der Waals surface area contributed by atoms with E-state index in [4.69, 9.17) is 0 Å². The van der Waals surface area contributed by atoms with Crippen molar-refractivity contribution in [2.75, 3.05) is 6.54 Å². The van der Waals surface area contributed by atoms with Crippen molar-refractivity contribution in [3.8, 4) is 0 Å². The molecule has 0 amide bonds. The van der Waals surface area contributed by atoms with Crippen molar-refractivity contribution in [3.63, 3.8) is 0 Å². The molecule has 1 unspecified atom stereocenters. The summed E-state index contributed by atoms with van der Waals surface area (Å²) in [6, 6.07) is 3.36. The van der Waals surface area contributed by atoms with E-state index in [1.165, 1.54) is 12.3 Å². The Labute approximate surface area is 90.9 Å². The van der Waals surface area contributed by atoms with Gasteiger partial charge in [0.15, 0.2) is 0 Å². The first-order chi connectivity index (χ1) is 7.09. The van der Waals surface area contributed by atoms with Crippen molar-refractivity contribution in [1.29, 1.82) is 0 Å². The summed E-state index contributed by atoms with van der Waals surface area (Å²) in [5, 5.41) is 3.36. The largest absolute Gasteiger partial charge is 0.309 e. The van der Waals surface area contributed by atoms with Crippen LogP contribution in [0.5, 0.6) is 0 Å². The van der Waals surface area contributed by atoms with Crippen LogP contribution < -0.4 is 5.32 Å². The summed E-state index contributed by atoms with van der Waals surface area (Å²) < 4.78 is 12.6. The second-order valence-corrected chi connectivity index (χ2v) is 4.26. The van der Waals surface area contributed by atoms with Gasteiger partial charge in [0, 0.05) is 6.04 Å². The molecule has 15 heavy (non-hydrogen) atoms. The molecule has 0 saturated heterocycles. The van der Waals surface area contributed by atoms with Crippen molar-refractivity contribution in [2.45, 2.75) is 33.2 Å². The van der Waals surface area contributed by atoms with Crippen LogP contribution in [0.3, 0.4) is 0 Å². The first-order valence-corrected chi connectivity index (χ1v) is 5.44. The average molecular weight is 210 g/mol. The first kappa shape index (κ1) is 12.1. The van der Waals surface area contributed by atoms with Gasteiger partial charge in [0.05, 0.1) is 11.9 Å². The third-order valence-corrected chi connectivity index (χ3v) is 2.37. The number of hydrogen-bond acceptors (Lipinski definition) is 2. The number of rotatable bonds is 5. The van der Waals surface area contributed by atoms with Gasteiger partial charge in [-0.15, -0.1) is 0 Å². The average Bonchev–Trinajstić information content (AvgIpc) is 2.18. The van der Waals surface area contributed by atoms with E-state index in [9.17, 15) is 4.39 Å². The molecule has 1 aromatic heterocycles. The van der Waals surface area contributed by atoms with Crippen molar-refractivity contribution in [2.24, 2.45) is 5.92 Å². The topological polar surface area (TPSA) is 24.9 Å². The van der Waals surface area contributed by atoms with Gasteiger partial charge in [0.2, 0.25) is 0 Å². The summed E-state index contributed by atoms with van der Waals surface area (Å²) in [5.74, 6) is 0.416. The third-order valence-electron chi connectivity index (χ3n) is 2.37. The van der Waals surface area contributed by atoms with E-state index in [1.807, 2.05) is 6.92 Å². The van der Waals surface area contributed by atoms with Crippen LogP contribution in [0.1, 0.15) is 38.9 Å². The lowest BCUT2D eigenvalue weighted by Gasteiger charge is -2.14. The zero-order chi connectivity index (χ0) is 11.3. The zero-order valence-electron chi connectivity index (χ0n) is 9.63. The Balaban J connectivity index is 2.40. The number of pyridine rings is 1. The third kappa shape index (κ3) is 4.38. The molecule has 0 aliphatic heterocycles. The minimum Gasteiger partial charge on any atom is -0.309 e. The molecular weight excluding hydrogens is 191 g/mol. The molecule has 1 atom stereocenters. The van der Waals surface area contributed by atoms with Crippen LogP contribution in [0.15, 0.2) is 18.3 Å². The number of aromatic nitrogens is 1. The first-order valence-electron chi connectivity index (χ1n) is 5.44. The van der Waals surface area contributed by atoms with Crippen LogP contribution in [-0.2, 0) is 0 Å². The van der Waals surface area contributed by atoms with E-state index >= 15 is 0 Å². The Morgan fingerprint density at radius 3 is 2.60 bits per heavy atom. The highest BCUT2D eigenvalue weighted by molar-refractivity contribution is 5.08. The summed E-state index contributed by atoms with van der Waals surface area (Å²) in [6.07, 6.45) is 2.40. The van der Waals surface area contributed by atoms with E-state index < -0.39 is 0 Å². The van der Waals surface area contributed by atoms with Gasteiger partial charge in [0.1, 0.15) is 5.82 Å². The van der Waals surface area contributed by atoms with Crippen molar-refractivity contribution in [3.05, 3.63) is 29.8 Å². The fraction of sp³-hybridized carbons (Fsp3) is 0.583. The van der Waals surface area contributed by atoms with Crippen molar-refractivity contribution < 1.29 is 4.39 Å². The Morgan fingerprint density at radius 2 is 2.07 bits per heavy atom. The Hall–Kier alpha value is -0.960. The number of nitrogens with one attached hydrogen (secondary N) is 1. The van der Waals surface area contributed by atoms with E-state index in [2.05, 4.69) is 24.1 Å². The lowest BCUT2D eigenvalue weighted by atomic mass is 10.1. The smallest absolute Gasteiger partial charge is 0.141 e. The maximum Gasteiger partial charge on any atom is 0.141 e. The summed E-state index contributed by atoms with van der Waals surface area (Å²) in [6.45, 7) is 7.41. The standard InChI is InChI=1S/C12H19FN2/c1-9(2)6-7-14-10(3)12-5-4-11(13)8-15-12/h4-5,8-10,14H,6-7H2,1-3H3. The SMILES string of the molecule is CC(C)CCNC(C)c1ccc(F)cn1. The zero-order valence-corrected chi connectivity index (χ0v) is 9.63. The maximum atomic E-state index is 12.6. The van der Waals surface area contributed by atoms with Gasteiger partial charge in [0.25, 0.3) is 0 Å². The van der Waals surface area contributed by atoms with Gasteiger partial charge in [-0.3, -0.25) is 4.98 Å². The summed E-state index contributed by atoms with van der Waals surface area (Å²) >= 11 is 0. The normalized spacial score (nSPS) is 13.1. The molecule has 84 valence electrons. The molecule has 1 aromatic rings. The second kappa shape index (κ2) is 5.81. The van der Waals surface area contributed by atoms with Gasteiger partial charge < -0.3 is 5.32 Å². The Kier molecular flexibility index (Phi) is 4.69. The van der Waals surface area contributed by atoms with Gasteiger partial charge >= 0.3 is 0 Å². The van der Waals surface area contributed by atoms with E-state index in [0.717, 1.165) is 18.7 Å². The Morgan fingerprint density at radius 1 is 1.33 bits per heavy atom. The van der Waals surface area contributed by atoms with E-state index in [0.29, 0.717) is 5.92 Å². The lowest BCUT2D eigenvalue weighted by molar-refractivity contribution is 0.490. The molecule has 0 aliphatic rings. The van der Waals surface area contributed by atoms with Crippen LogP contribution in [0.4, 0.5) is 4.39 Å². The van der Waals surface area contributed by atoms with E-state index in [1.54, 1.807) is 6.07 Å². The van der Waals surface area contributed by atoms with Crippen LogP contribution in [-0.4, -0.2) is 11.5 Å². The van der Waals surface area contributed by atoms with Gasteiger partial charge in [-0.25, -0.2) is 4.39 Å². The van der Waals surface area contributed by atoms with Gasteiger partial charge in [-0.05, 0) is 37.9 Å². The predicted octanol–water partition coefficient (Wildman–Crippen LogP) is 2.92. The molecular formula is C12H19FN2. The molecule has 0 spiro atoms. The molecule has 2 nitrogen and oxygen atoms in total. The molecule has 0 aliphatic carbocycles. The van der Waals surface area contributed by atoms with Gasteiger partial charge in [-0.2, -0.15) is 0 Å². The lowest BCUT2D eigenvalue weighted by Crippen LogP contribution is -2.21. The fourth-order valence-corrected chi connectivity index (χ4v) is 1.34. The molecule has 0 radical (unpaired) electrons. The summed E-state index contributed by atoms with van der Waals surface area (Å²) in [7, 11) is 0.